The molecule has 0 unspecified atom stereocenters. The maximum absolute atomic E-state index is 5.66. The molecule has 2 heteroatoms. The van der Waals surface area contributed by atoms with E-state index in [1.54, 1.807) is 7.11 Å². The SMILES string of the molecule is COc1ccc(C#CCCCc2ccc(N)cc2)cc1. The van der Waals surface area contributed by atoms with Gasteiger partial charge in [0, 0.05) is 17.7 Å². The number of hydrogen-bond acceptors (Lipinski definition) is 2. The molecule has 0 aliphatic heterocycles. The zero-order valence-electron chi connectivity index (χ0n) is 11.7. The average Bonchev–Trinajstić information content (AvgIpc) is 2.49. The van der Waals surface area contributed by atoms with E-state index in [0.717, 1.165) is 36.3 Å². The van der Waals surface area contributed by atoms with Gasteiger partial charge in [-0.25, -0.2) is 0 Å². The largest absolute Gasteiger partial charge is 0.497 e. The summed E-state index contributed by atoms with van der Waals surface area (Å²) in [5.41, 5.74) is 8.81. The third-order valence-electron chi connectivity index (χ3n) is 3.07. The molecule has 102 valence electrons. The topological polar surface area (TPSA) is 35.2 Å². The van der Waals surface area contributed by atoms with Crippen LogP contribution in [-0.2, 0) is 6.42 Å². The molecule has 0 aromatic heterocycles. The van der Waals surface area contributed by atoms with Crippen molar-refractivity contribution in [2.75, 3.05) is 12.8 Å². The van der Waals surface area contributed by atoms with Crippen LogP contribution in [0.3, 0.4) is 0 Å². The van der Waals surface area contributed by atoms with E-state index in [9.17, 15) is 0 Å². The number of aryl methyl sites for hydroxylation is 1. The Morgan fingerprint density at radius 2 is 1.70 bits per heavy atom. The molecule has 0 aliphatic carbocycles. The molecule has 0 atom stereocenters. The van der Waals surface area contributed by atoms with Crippen molar-refractivity contribution >= 4 is 5.69 Å². The van der Waals surface area contributed by atoms with Crippen LogP contribution in [0.1, 0.15) is 24.0 Å². The highest BCUT2D eigenvalue weighted by Gasteiger charge is 1.92. The summed E-state index contributed by atoms with van der Waals surface area (Å²) in [6.45, 7) is 0. The molecule has 2 rings (SSSR count). The Morgan fingerprint density at radius 3 is 2.35 bits per heavy atom. The van der Waals surface area contributed by atoms with Gasteiger partial charge in [-0.05, 0) is 54.8 Å². The summed E-state index contributed by atoms with van der Waals surface area (Å²) in [6.07, 6.45) is 3.00. The minimum Gasteiger partial charge on any atom is -0.497 e. The van der Waals surface area contributed by atoms with Gasteiger partial charge in [0.1, 0.15) is 5.75 Å². The Morgan fingerprint density at radius 1 is 1.00 bits per heavy atom. The normalized spacial score (nSPS) is 9.65. The standard InChI is InChI=1S/C18H19NO/c1-20-18-13-9-16(10-14-18)6-4-2-3-5-15-7-11-17(19)12-8-15/h7-14H,2-3,5,19H2,1H3. The number of unbranched alkanes of at least 4 members (excludes halogenated alkanes) is 1. The summed E-state index contributed by atoms with van der Waals surface area (Å²) in [7, 11) is 1.66. The molecule has 2 aromatic rings. The monoisotopic (exact) mass is 265 g/mol. The predicted molar refractivity (Wildman–Crippen MR) is 83.7 cm³/mol. The van der Waals surface area contributed by atoms with Crippen LogP contribution in [0.2, 0.25) is 0 Å². The fourth-order valence-corrected chi connectivity index (χ4v) is 1.90. The van der Waals surface area contributed by atoms with Crippen LogP contribution in [0, 0.1) is 11.8 Å². The summed E-state index contributed by atoms with van der Waals surface area (Å²) >= 11 is 0. The van der Waals surface area contributed by atoms with Crippen LogP contribution in [0.5, 0.6) is 5.75 Å². The van der Waals surface area contributed by atoms with Gasteiger partial charge in [-0.2, -0.15) is 0 Å². The molecule has 0 radical (unpaired) electrons. The van der Waals surface area contributed by atoms with Gasteiger partial charge < -0.3 is 10.5 Å². The number of hydrogen-bond donors (Lipinski definition) is 1. The van der Waals surface area contributed by atoms with Crippen LogP contribution in [0.15, 0.2) is 48.5 Å². The third kappa shape index (κ3) is 4.37. The van der Waals surface area contributed by atoms with Crippen molar-refractivity contribution in [2.24, 2.45) is 0 Å². The van der Waals surface area contributed by atoms with Gasteiger partial charge >= 0.3 is 0 Å². The number of anilines is 1. The van der Waals surface area contributed by atoms with E-state index in [2.05, 4.69) is 24.0 Å². The number of benzene rings is 2. The average molecular weight is 265 g/mol. The minimum atomic E-state index is 0.813. The van der Waals surface area contributed by atoms with E-state index in [-0.39, 0.29) is 0 Å². The first-order chi connectivity index (χ1) is 9.78. The fourth-order valence-electron chi connectivity index (χ4n) is 1.90. The Balaban J connectivity index is 1.78. The second kappa shape index (κ2) is 7.25. The van der Waals surface area contributed by atoms with Gasteiger partial charge in [-0.1, -0.05) is 24.0 Å². The first-order valence-electron chi connectivity index (χ1n) is 6.75. The molecule has 0 amide bonds. The lowest BCUT2D eigenvalue weighted by Crippen LogP contribution is -1.87. The molecule has 0 saturated heterocycles. The Kier molecular flexibility index (Phi) is 5.08. The molecule has 0 saturated carbocycles. The number of methoxy groups -OCH3 is 1. The fraction of sp³-hybridized carbons (Fsp3) is 0.222. The van der Waals surface area contributed by atoms with Gasteiger partial charge in [0.2, 0.25) is 0 Å². The van der Waals surface area contributed by atoms with E-state index < -0.39 is 0 Å². The van der Waals surface area contributed by atoms with Gasteiger partial charge in [0.25, 0.3) is 0 Å². The quantitative estimate of drug-likeness (QED) is 0.520. The predicted octanol–water partition coefficient (Wildman–Crippen LogP) is 3.65. The van der Waals surface area contributed by atoms with E-state index in [1.807, 2.05) is 36.4 Å². The van der Waals surface area contributed by atoms with Crippen LogP contribution in [-0.4, -0.2) is 7.11 Å². The van der Waals surface area contributed by atoms with Crippen LogP contribution in [0.25, 0.3) is 0 Å². The van der Waals surface area contributed by atoms with E-state index >= 15 is 0 Å². The summed E-state index contributed by atoms with van der Waals surface area (Å²) in [6, 6.07) is 15.9. The van der Waals surface area contributed by atoms with Crippen molar-refractivity contribution in [2.45, 2.75) is 19.3 Å². The first-order valence-corrected chi connectivity index (χ1v) is 6.75. The number of ether oxygens (including phenoxy) is 1. The summed E-state index contributed by atoms with van der Waals surface area (Å²) in [4.78, 5) is 0. The van der Waals surface area contributed by atoms with Crippen molar-refractivity contribution in [3.05, 3.63) is 59.7 Å². The molecule has 0 spiro atoms. The highest BCUT2D eigenvalue weighted by atomic mass is 16.5. The second-order valence-electron chi connectivity index (χ2n) is 4.63. The smallest absolute Gasteiger partial charge is 0.118 e. The Labute approximate surface area is 120 Å². The van der Waals surface area contributed by atoms with Gasteiger partial charge in [-0.3, -0.25) is 0 Å². The molecule has 0 bridgehead atoms. The van der Waals surface area contributed by atoms with Crippen molar-refractivity contribution in [1.82, 2.24) is 0 Å². The molecule has 2 aromatic carbocycles. The maximum atomic E-state index is 5.66. The molecular weight excluding hydrogens is 246 g/mol. The minimum absolute atomic E-state index is 0.813. The maximum Gasteiger partial charge on any atom is 0.118 e. The highest BCUT2D eigenvalue weighted by Crippen LogP contribution is 2.11. The lowest BCUT2D eigenvalue weighted by atomic mass is 10.1. The summed E-state index contributed by atoms with van der Waals surface area (Å²) in [5, 5.41) is 0. The van der Waals surface area contributed by atoms with Gasteiger partial charge in [-0.15, -0.1) is 0 Å². The number of rotatable bonds is 4. The van der Waals surface area contributed by atoms with Crippen LogP contribution >= 0.6 is 0 Å². The summed E-state index contributed by atoms with van der Waals surface area (Å²) in [5.74, 6) is 7.23. The molecule has 0 heterocycles. The molecular formula is C18H19NO. The highest BCUT2D eigenvalue weighted by molar-refractivity contribution is 5.39. The molecule has 2 N–H and O–H groups in total. The third-order valence-corrected chi connectivity index (χ3v) is 3.07. The van der Waals surface area contributed by atoms with Crippen LogP contribution < -0.4 is 10.5 Å². The van der Waals surface area contributed by atoms with Crippen molar-refractivity contribution in [3.8, 4) is 17.6 Å². The Hall–Kier alpha value is -2.40. The van der Waals surface area contributed by atoms with Gasteiger partial charge in [0.05, 0.1) is 7.11 Å². The second-order valence-corrected chi connectivity index (χ2v) is 4.63. The van der Waals surface area contributed by atoms with Crippen molar-refractivity contribution < 1.29 is 4.74 Å². The van der Waals surface area contributed by atoms with E-state index in [1.165, 1.54) is 5.56 Å². The zero-order valence-corrected chi connectivity index (χ0v) is 11.7. The summed E-state index contributed by atoms with van der Waals surface area (Å²) < 4.78 is 5.11. The molecule has 0 aliphatic rings. The number of nitrogen functional groups attached to an aromatic ring is 1. The molecule has 2 nitrogen and oxygen atoms in total. The van der Waals surface area contributed by atoms with Crippen molar-refractivity contribution in [3.63, 3.8) is 0 Å². The zero-order chi connectivity index (χ0) is 14.2. The number of nitrogens with two attached hydrogens (primary N) is 1. The van der Waals surface area contributed by atoms with Crippen LogP contribution in [0.4, 0.5) is 5.69 Å². The van der Waals surface area contributed by atoms with Crippen molar-refractivity contribution in [1.29, 1.82) is 0 Å². The van der Waals surface area contributed by atoms with E-state index in [0.29, 0.717) is 0 Å². The van der Waals surface area contributed by atoms with Gasteiger partial charge in [0.15, 0.2) is 0 Å². The van der Waals surface area contributed by atoms with E-state index in [4.69, 9.17) is 10.5 Å². The lowest BCUT2D eigenvalue weighted by molar-refractivity contribution is 0.415. The molecule has 0 fully saturated rings. The Bertz CT molecular complexity index is 588. The lowest BCUT2D eigenvalue weighted by Gasteiger charge is -1.99. The molecule has 20 heavy (non-hydrogen) atoms. The first kappa shape index (κ1) is 14.0.